The van der Waals surface area contributed by atoms with Crippen LogP contribution in [-0.2, 0) is 10.8 Å². The highest BCUT2D eigenvalue weighted by Crippen LogP contribution is 2.66. The summed E-state index contributed by atoms with van der Waals surface area (Å²) < 4.78 is -2.15. The van der Waals surface area contributed by atoms with Gasteiger partial charge >= 0.3 is 0 Å². The highest BCUT2D eigenvalue weighted by Gasteiger charge is 2.74. The van der Waals surface area contributed by atoms with Gasteiger partial charge in [-0.3, -0.25) is 0 Å². The Morgan fingerprint density at radius 2 is 0.667 bits per heavy atom. The fraction of sp³-hybridized carbons (Fsp3) is 0.812. The molecule has 0 heterocycles. The third-order valence-corrected chi connectivity index (χ3v) is 75.6. The van der Waals surface area contributed by atoms with Gasteiger partial charge in [0.05, 0.1) is 15.2 Å². The molecular weight excluding hydrogens is 596 g/mol. The van der Waals surface area contributed by atoms with E-state index in [0.29, 0.717) is 20.2 Å². The lowest BCUT2D eigenvalue weighted by Crippen LogP contribution is -2.86. The molecule has 4 heteroatoms. The molecule has 0 nitrogen and oxygen atoms in total. The molecule has 0 saturated heterocycles. The maximum atomic E-state index is 3.25. The average Bonchev–Trinajstić information content (AvgIpc) is 2.60. The van der Waals surface area contributed by atoms with Crippen molar-refractivity contribution in [3.05, 3.63) is 29.3 Å². The number of hydrogen-bond acceptors (Lipinski definition) is 0. The van der Waals surface area contributed by atoms with E-state index in [1.165, 1.54) is 11.1 Å². The lowest BCUT2D eigenvalue weighted by Gasteiger charge is -2.68. The maximum absolute atomic E-state index is 3.25. The van der Waals surface area contributed by atoms with Gasteiger partial charge in [0.25, 0.3) is 0 Å². The Balaban J connectivity index is 4.71. The molecule has 210 valence electrons. The van der Waals surface area contributed by atoms with E-state index in [1.54, 1.807) is 5.19 Å². The van der Waals surface area contributed by atoms with Crippen LogP contribution >= 0.6 is 21.8 Å². The van der Waals surface area contributed by atoms with Crippen LogP contribution in [0.5, 0.6) is 0 Å². The molecule has 0 bridgehead atoms. The predicted octanol–water partition coefficient (Wildman–Crippen LogP) is 11.4. The number of halogens is 1. The van der Waals surface area contributed by atoms with E-state index in [2.05, 4.69) is 178 Å². The largest absolute Gasteiger partial charge is 0.141 e. The zero-order chi connectivity index (χ0) is 29.4. The summed E-state index contributed by atoms with van der Waals surface area (Å²) in [6.07, 6.45) is 0. The van der Waals surface area contributed by atoms with Crippen molar-refractivity contribution in [2.45, 2.75) is 169 Å². The molecular formula is C32H63ISi3. The van der Waals surface area contributed by atoms with Crippen LogP contribution in [0.1, 0.15) is 136 Å². The van der Waals surface area contributed by atoms with E-state index < -0.39 is 19.8 Å². The molecule has 1 aromatic rings. The molecule has 0 aliphatic heterocycles. The lowest BCUT2D eigenvalue weighted by atomic mass is 9.81. The first-order chi connectivity index (χ1) is 15.3. The number of benzene rings is 1. The van der Waals surface area contributed by atoms with Gasteiger partial charge in [0.2, 0.25) is 0 Å². The van der Waals surface area contributed by atoms with E-state index >= 15 is 0 Å². The minimum atomic E-state index is -2.15. The molecule has 36 heavy (non-hydrogen) atoms. The van der Waals surface area contributed by atoms with Crippen molar-refractivity contribution in [1.82, 2.24) is 0 Å². The molecule has 0 aliphatic rings. The van der Waals surface area contributed by atoms with Crippen molar-refractivity contribution in [2.24, 2.45) is 0 Å². The smallest absolute Gasteiger partial charge is 0.120 e. The molecule has 0 N–H and O–H groups in total. The van der Waals surface area contributed by atoms with Crippen LogP contribution in [0, 0.1) is 0 Å². The maximum Gasteiger partial charge on any atom is 0.141 e. The second kappa shape index (κ2) is 9.61. The summed E-state index contributed by atoms with van der Waals surface area (Å²) in [4.78, 5) is 0. The summed E-state index contributed by atoms with van der Waals surface area (Å²) in [5, 5.41) is 2.94. The van der Waals surface area contributed by atoms with Gasteiger partial charge in [-0.25, -0.2) is 0 Å². The van der Waals surface area contributed by atoms with E-state index in [1.807, 2.05) is 0 Å². The zero-order valence-electron chi connectivity index (χ0n) is 28.1. The second-order valence-electron chi connectivity index (χ2n) is 18.2. The Bertz CT molecular complexity index is 834. The molecule has 0 atom stereocenters. The van der Waals surface area contributed by atoms with Gasteiger partial charge in [0, 0.05) is 0 Å². The number of rotatable bonds is 3. The summed E-state index contributed by atoms with van der Waals surface area (Å²) in [5.41, 5.74) is 3.31. The zero-order valence-corrected chi connectivity index (χ0v) is 33.3. The highest BCUT2D eigenvalue weighted by molar-refractivity contribution is 14.1. The van der Waals surface area contributed by atoms with Gasteiger partial charge < -0.3 is 0 Å². The standard InChI is InChI=1S/C32H63ISi3/c1-27(2,3)24-21-25(28(4,5)6)23-26(22-24)36(33,34(19,29(7,8)9)30(10,11)12)35(20,31(13,14)15)32(16,17)18/h21-23H,1-20H3. The monoisotopic (exact) mass is 658 g/mol. The average molecular weight is 659 g/mol. The van der Waals surface area contributed by atoms with Crippen LogP contribution in [0.25, 0.3) is 0 Å². The Morgan fingerprint density at radius 3 is 0.833 bits per heavy atom. The van der Waals surface area contributed by atoms with Gasteiger partial charge in [-0.1, -0.05) is 161 Å². The second-order valence-corrected chi connectivity index (χ2v) is 53.6. The van der Waals surface area contributed by atoms with Crippen LogP contribution < -0.4 is 5.19 Å². The van der Waals surface area contributed by atoms with Crippen LogP contribution in [0.15, 0.2) is 18.2 Å². The van der Waals surface area contributed by atoms with Crippen molar-refractivity contribution in [1.29, 1.82) is 0 Å². The summed E-state index contributed by atoms with van der Waals surface area (Å²) in [7, 11) is -3.96. The molecule has 1 rings (SSSR count). The quantitative estimate of drug-likeness (QED) is 0.172. The summed E-state index contributed by atoms with van der Waals surface area (Å²) in [5.74, 6) is 0. The van der Waals surface area contributed by atoms with E-state index in [4.69, 9.17) is 0 Å². The first-order valence-corrected chi connectivity index (χ1v) is 26.3. The molecule has 0 spiro atoms. The SMILES string of the molecule is CC(C)(C)c1cc(C(C)(C)C)cc([Si](I)([Si](C)(C(C)(C)C)C(C)(C)C)[Si](C)(C(C)(C)C)C(C)(C)C)c1. The van der Waals surface area contributed by atoms with Gasteiger partial charge in [-0.2, -0.15) is 0 Å². The normalized spacial score (nSPS) is 15.9. The van der Waals surface area contributed by atoms with Crippen molar-refractivity contribution < 1.29 is 0 Å². The summed E-state index contributed by atoms with van der Waals surface area (Å²) >= 11 is 3.25. The topological polar surface area (TPSA) is 0 Å². The molecule has 0 saturated carbocycles. The van der Waals surface area contributed by atoms with Crippen LogP contribution in [-0.4, -0.2) is 19.8 Å². The van der Waals surface area contributed by atoms with Gasteiger partial charge in [0.1, 0.15) is 4.61 Å². The molecule has 0 fully saturated rings. The Labute approximate surface area is 243 Å². The Morgan fingerprint density at radius 1 is 0.444 bits per heavy atom. The summed E-state index contributed by atoms with van der Waals surface area (Å²) in [6, 6.07) is 7.98. The van der Waals surface area contributed by atoms with E-state index in [0.717, 1.165) is 0 Å². The first-order valence-electron chi connectivity index (χ1n) is 14.2. The molecule has 0 aliphatic carbocycles. The Hall–Kier alpha value is 0.601. The van der Waals surface area contributed by atoms with Gasteiger partial charge in [-0.15, -0.1) is 21.8 Å². The number of hydrogen-bond donors (Lipinski definition) is 0. The van der Waals surface area contributed by atoms with Crippen LogP contribution in [0.3, 0.4) is 0 Å². The fourth-order valence-corrected chi connectivity index (χ4v) is 90.9. The predicted molar refractivity (Wildman–Crippen MR) is 185 cm³/mol. The van der Waals surface area contributed by atoms with Gasteiger partial charge in [0.15, 0.2) is 0 Å². The molecule has 0 amide bonds. The van der Waals surface area contributed by atoms with Crippen molar-refractivity contribution >= 4 is 46.8 Å². The molecule has 0 unspecified atom stereocenters. The van der Waals surface area contributed by atoms with Gasteiger partial charge in [-0.05, 0) is 42.1 Å². The molecule has 1 aromatic carbocycles. The van der Waals surface area contributed by atoms with Crippen molar-refractivity contribution in [3.63, 3.8) is 0 Å². The highest BCUT2D eigenvalue weighted by atomic mass is 127. The third-order valence-electron chi connectivity index (χ3n) is 10.4. The van der Waals surface area contributed by atoms with E-state index in [-0.39, 0.29) is 10.8 Å². The molecule has 0 aromatic heterocycles. The fourth-order valence-electron chi connectivity index (χ4n) is 7.09. The summed E-state index contributed by atoms with van der Waals surface area (Å²) in [6.45, 7) is 51.3. The van der Waals surface area contributed by atoms with Crippen LogP contribution in [0.2, 0.25) is 33.2 Å². The minimum absolute atomic E-state index is 0.130. The van der Waals surface area contributed by atoms with Crippen molar-refractivity contribution in [3.8, 4) is 0 Å². The lowest BCUT2D eigenvalue weighted by molar-refractivity contribution is 0.569. The van der Waals surface area contributed by atoms with Crippen LogP contribution in [0.4, 0.5) is 0 Å². The van der Waals surface area contributed by atoms with E-state index in [9.17, 15) is 0 Å². The molecule has 0 radical (unpaired) electrons. The third kappa shape index (κ3) is 5.46. The Kier molecular flexibility index (Phi) is 9.24. The minimum Gasteiger partial charge on any atom is -0.120 e. The first kappa shape index (κ1) is 34.6. The van der Waals surface area contributed by atoms with Crippen molar-refractivity contribution in [2.75, 3.05) is 0 Å².